The first-order chi connectivity index (χ1) is 6.86. The van der Waals surface area contributed by atoms with Crippen LogP contribution >= 0.6 is 11.5 Å². The molecule has 4 nitrogen and oxygen atoms in total. The molecule has 5 heteroatoms. The van der Waals surface area contributed by atoms with Crippen LogP contribution in [0, 0.1) is 6.92 Å². The number of nitrogens with zero attached hydrogens (tertiary/aromatic N) is 3. The summed E-state index contributed by atoms with van der Waals surface area (Å²) in [4.78, 5) is 5.15. The topological polar surface area (TPSA) is 50.7 Å². The van der Waals surface area contributed by atoms with Crippen LogP contribution in [0.4, 0.5) is 5.69 Å². The third-order valence-corrected chi connectivity index (χ3v) is 2.54. The van der Waals surface area contributed by atoms with Crippen LogP contribution in [-0.2, 0) is 6.54 Å². The van der Waals surface area contributed by atoms with Gasteiger partial charge in [0.2, 0.25) is 0 Å². The van der Waals surface area contributed by atoms with Gasteiger partial charge in [-0.1, -0.05) is 4.49 Å². The second-order valence-electron chi connectivity index (χ2n) is 2.93. The highest BCUT2D eigenvalue weighted by atomic mass is 32.1. The fourth-order valence-electron chi connectivity index (χ4n) is 1.12. The third-order valence-electron chi connectivity index (χ3n) is 1.88. The zero-order valence-corrected chi connectivity index (χ0v) is 8.58. The predicted molar refractivity (Wildman–Crippen MR) is 56.2 cm³/mol. The standard InChI is InChI=1S/C9H10N4S/c1-7-4-10-3-2-9(7)11-5-8-6-12-13-14-8/h2-4,6H,5H2,1H3,(H,10,11). The second kappa shape index (κ2) is 4.15. The molecule has 0 unspecified atom stereocenters. The number of rotatable bonds is 3. The number of anilines is 1. The van der Waals surface area contributed by atoms with E-state index in [-0.39, 0.29) is 0 Å². The lowest BCUT2D eigenvalue weighted by molar-refractivity contribution is 1.11. The van der Waals surface area contributed by atoms with E-state index in [4.69, 9.17) is 0 Å². The summed E-state index contributed by atoms with van der Waals surface area (Å²) in [7, 11) is 0. The molecule has 0 fully saturated rings. The molecule has 2 rings (SSSR count). The Hall–Kier alpha value is -1.49. The Balaban J connectivity index is 2.02. The van der Waals surface area contributed by atoms with Crippen molar-refractivity contribution in [3.05, 3.63) is 35.1 Å². The van der Waals surface area contributed by atoms with Crippen molar-refractivity contribution in [1.29, 1.82) is 0 Å². The minimum Gasteiger partial charge on any atom is -0.380 e. The summed E-state index contributed by atoms with van der Waals surface area (Å²) in [5, 5.41) is 7.08. The van der Waals surface area contributed by atoms with Crippen molar-refractivity contribution >= 4 is 17.2 Å². The highest BCUT2D eigenvalue weighted by Gasteiger charge is 1.98. The van der Waals surface area contributed by atoms with Crippen molar-refractivity contribution in [3.8, 4) is 0 Å². The van der Waals surface area contributed by atoms with Gasteiger partial charge in [0.25, 0.3) is 0 Å². The smallest absolute Gasteiger partial charge is 0.0671 e. The first-order valence-electron chi connectivity index (χ1n) is 4.27. The quantitative estimate of drug-likeness (QED) is 0.832. The van der Waals surface area contributed by atoms with E-state index in [1.54, 1.807) is 12.4 Å². The van der Waals surface area contributed by atoms with Crippen LogP contribution in [0.15, 0.2) is 24.7 Å². The average Bonchev–Trinajstić information content (AvgIpc) is 2.69. The van der Waals surface area contributed by atoms with Crippen molar-refractivity contribution < 1.29 is 0 Å². The van der Waals surface area contributed by atoms with Gasteiger partial charge in [-0.05, 0) is 30.1 Å². The second-order valence-corrected chi connectivity index (χ2v) is 3.80. The zero-order chi connectivity index (χ0) is 9.80. The first-order valence-corrected chi connectivity index (χ1v) is 5.04. The fraction of sp³-hybridized carbons (Fsp3) is 0.222. The molecule has 1 N–H and O–H groups in total. The van der Waals surface area contributed by atoms with Crippen molar-refractivity contribution in [2.75, 3.05) is 5.32 Å². The van der Waals surface area contributed by atoms with Gasteiger partial charge >= 0.3 is 0 Å². The molecule has 0 aliphatic carbocycles. The van der Waals surface area contributed by atoms with Crippen molar-refractivity contribution in [2.45, 2.75) is 13.5 Å². The molecule has 72 valence electrons. The molecule has 0 aromatic carbocycles. The molecule has 0 amide bonds. The molecule has 2 heterocycles. The molecule has 0 bridgehead atoms. The summed E-state index contributed by atoms with van der Waals surface area (Å²) in [5.74, 6) is 0. The number of hydrogen-bond donors (Lipinski definition) is 1. The van der Waals surface area contributed by atoms with Gasteiger partial charge in [-0.2, -0.15) is 0 Å². The molecule has 14 heavy (non-hydrogen) atoms. The van der Waals surface area contributed by atoms with Crippen molar-refractivity contribution in [3.63, 3.8) is 0 Å². The Bertz CT molecular complexity index is 399. The normalized spacial score (nSPS) is 10.1. The van der Waals surface area contributed by atoms with E-state index in [1.165, 1.54) is 11.5 Å². The fourth-order valence-corrected chi connectivity index (χ4v) is 1.55. The lowest BCUT2D eigenvalue weighted by Gasteiger charge is -2.06. The molecular weight excluding hydrogens is 196 g/mol. The van der Waals surface area contributed by atoms with E-state index in [9.17, 15) is 0 Å². The molecule has 0 radical (unpaired) electrons. The highest BCUT2D eigenvalue weighted by molar-refractivity contribution is 7.05. The number of pyridine rings is 1. The molecule has 0 aliphatic heterocycles. The van der Waals surface area contributed by atoms with Gasteiger partial charge in [0.05, 0.1) is 17.6 Å². The Morgan fingerprint density at radius 1 is 1.43 bits per heavy atom. The number of nitrogens with one attached hydrogen (secondary N) is 1. The van der Waals surface area contributed by atoms with Gasteiger partial charge in [0, 0.05) is 18.1 Å². The van der Waals surface area contributed by atoms with Crippen LogP contribution in [-0.4, -0.2) is 14.6 Å². The van der Waals surface area contributed by atoms with Crippen LogP contribution in [0.3, 0.4) is 0 Å². The summed E-state index contributed by atoms with van der Waals surface area (Å²) >= 11 is 1.41. The SMILES string of the molecule is Cc1cnccc1NCc1cnns1. The molecule has 0 saturated heterocycles. The van der Waals surface area contributed by atoms with Crippen LogP contribution < -0.4 is 5.32 Å². The Morgan fingerprint density at radius 3 is 3.07 bits per heavy atom. The van der Waals surface area contributed by atoms with Gasteiger partial charge in [0.1, 0.15) is 0 Å². The molecule has 0 spiro atoms. The molecule has 0 aliphatic rings. The van der Waals surface area contributed by atoms with Gasteiger partial charge in [-0.25, -0.2) is 0 Å². The van der Waals surface area contributed by atoms with E-state index >= 15 is 0 Å². The van der Waals surface area contributed by atoms with Crippen LogP contribution in [0.5, 0.6) is 0 Å². The average molecular weight is 206 g/mol. The lowest BCUT2D eigenvalue weighted by Crippen LogP contribution is -1.99. The molecule has 2 aromatic rings. The molecule has 0 saturated carbocycles. The summed E-state index contributed by atoms with van der Waals surface area (Å²) in [6.07, 6.45) is 5.39. The molecule has 0 atom stereocenters. The molecular formula is C9H10N4S. The summed E-state index contributed by atoms with van der Waals surface area (Å²) in [6, 6.07) is 1.96. The van der Waals surface area contributed by atoms with Crippen molar-refractivity contribution in [2.24, 2.45) is 0 Å². The predicted octanol–water partition coefficient (Wildman–Crippen LogP) is 1.85. The third kappa shape index (κ3) is 2.05. The largest absolute Gasteiger partial charge is 0.380 e. The number of aromatic nitrogens is 3. The van der Waals surface area contributed by atoms with E-state index < -0.39 is 0 Å². The van der Waals surface area contributed by atoms with Gasteiger partial charge in [-0.3, -0.25) is 4.98 Å². The van der Waals surface area contributed by atoms with Crippen molar-refractivity contribution in [1.82, 2.24) is 14.6 Å². The number of aryl methyl sites for hydroxylation is 1. The van der Waals surface area contributed by atoms with Gasteiger partial charge in [0.15, 0.2) is 0 Å². The summed E-state index contributed by atoms with van der Waals surface area (Å²) < 4.78 is 3.80. The Labute approximate surface area is 86.2 Å². The molecule has 2 aromatic heterocycles. The maximum Gasteiger partial charge on any atom is 0.0671 e. The number of hydrogen-bond acceptors (Lipinski definition) is 5. The van der Waals surface area contributed by atoms with E-state index in [1.807, 2.05) is 19.2 Å². The lowest BCUT2D eigenvalue weighted by atomic mass is 10.2. The van der Waals surface area contributed by atoms with Gasteiger partial charge < -0.3 is 5.32 Å². The van der Waals surface area contributed by atoms with Gasteiger partial charge in [-0.15, -0.1) is 5.10 Å². The maximum absolute atomic E-state index is 4.03. The summed E-state index contributed by atoms with van der Waals surface area (Å²) in [6.45, 7) is 2.79. The highest BCUT2D eigenvalue weighted by Crippen LogP contribution is 2.13. The first kappa shape index (κ1) is 9.08. The van der Waals surface area contributed by atoms with Crippen LogP contribution in [0.2, 0.25) is 0 Å². The van der Waals surface area contributed by atoms with E-state index in [0.717, 1.165) is 22.7 Å². The Kier molecular flexibility index (Phi) is 2.69. The Morgan fingerprint density at radius 2 is 2.36 bits per heavy atom. The monoisotopic (exact) mass is 206 g/mol. The zero-order valence-electron chi connectivity index (χ0n) is 7.77. The minimum atomic E-state index is 0.766. The maximum atomic E-state index is 4.03. The van der Waals surface area contributed by atoms with E-state index in [2.05, 4.69) is 19.9 Å². The van der Waals surface area contributed by atoms with E-state index in [0.29, 0.717) is 0 Å². The minimum absolute atomic E-state index is 0.766. The van der Waals surface area contributed by atoms with Crippen LogP contribution in [0.1, 0.15) is 10.4 Å². The van der Waals surface area contributed by atoms with Crippen LogP contribution in [0.25, 0.3) is 0 Å². The summed E-state index contributed by atoms with van der Waals surface area (Å²) in [5.41, 5.74) is 2.25.